The summed E-state index contributed by atoms with van der Waals surface area (Å²) in [4.78, 5) is 39.7. The summed E-state index contributed by atoms with van der Waals surface area (Å²) in [6.45, 7) is 2.16. The number of halogens is 1. The molecule has 2 heterocycles. The third-order valence-electron chi connectivity index (χ3n) is 3.66. The molecule has 1 N–H and O–H groups in total. The van der Waals surface area contributed by atoms with Gasteiger partial charge in [0.1, 0.15) is 5.92 Å². The second-order valence-corrected chi connectivity index (χ2v) is 5.45. The Morgan fingerprint density at radius 1 is 1.50 bits per heavy atom. The van der Waals surface area contributed by atoms with Crippen molar-refractivity contribution in [2.45, 2.75) is 19.8 Å². The number of likely N-dealkylation sites (tertiary alicyclic amines) is 1. The van der Waals surface area contributed by atoms with Crippen LogP contribution in [0.3, 0.4) is 0 Å². The normalized spacial score (nSPS) is 18.0. The summed E-state index contributed by atoms with van der Waals surface area (Å²) >= 11 is 0. The predicted octanol–water partition coefficient (Wildman–Crippen LogP) is 0.235. The Hall–Kier alpha value is -2.31. The van der Waals surface area contributed by atoms with Crippen LogP contribution in [0.5, 0.6) is 0 Å². The van der Waals surface area contributed by atoms with Crippen molar-refractivity contribution in [2.24, 2.45) is 5.92 Å². The molecule has 1 saturated heterocycles. The van der Waals surface area contributed by atoms with Gasteiger partial charge in [0, 0.05) is 31.9 Å². The molecule has 1 aromatic heterocycles. The fraction of sp³-hybridized carbons (Fsp3) is 0.467. The molecule has 1 atom stereocenters. The molecule has 1 aliphatic rings. The number of pyridine rings is 1. The molecule has 1 aromatic rings. The minimum absolute atomic E-state index is 0.130. The Morgan fingerprint density at radius 3 is 2.82 bits per heavy atom. The lowest BCUT2D eigenvalue weighted by Crippen LogP contribution is -2.36. The molecule has 0 radical (unpaired) electrons. The maximum atomic E-state index is 13.0. The van der Waals surface area contributed by atoms with Gasteiger partial charge in [0.2, 0.25) is 17.6 Å². The fourth-order valence-electron chi connectivity index (χ4n) is 2.36. The third kappa shape index (κ3) is 3.47. The minimum Gasteiger partial charge on any atom is -0.355 e. The average Bonchev–Trinajstić information content (AvgIpc) is 2.74. The predicted molar refractivity (Wildman–Crippen MR) is 76.4 cm³/mol. The number of hydrogen-bond donors (Lipinski definition) is 1. The van der Waals surface area contributed by atoms with Crippen LogP contribution >= 0.6 is 0 Å². The van der Waals surface area contributed by atoms with Crippen molar-refractivity contribution in [1.82, 2.24) is 15.2 Å². The zero-order valence-corrected chi connectivity index (χ0v) is 12.6. The number of ketones is 1. The first-order valence-electron chi connectivity index (χ1n) is 7.08. The van der Waals surface area contributed by atoms with E-state index in [-0.39, 0.29) is 6.54 Å². The van der Waals surface area contributed by atoms with E-state index in [0.717, 1.165) is 5.56 Å². The Labute approximate surface area is 127 Å². The van der Waals surface area contributed by atoms with Gasteiger partial charge in [-0.05, 0) is 25.3 Å². The number of aryl methyl sites for hydroxylation is 2. The summed E-state index contributed by atoms with van der Waals surface area (Å²) in [5, 5.41) is 2.66. The van der Waals surface area contributed by atoms with Gasteiger partial charge in [-0.3, -0.25) is 14.4 Å². The Balaban J connectivity index is 1.77. The van der Waals surface area contributed by atoms with Crippen LogP contribution in [0.25, 0.3) is 0 Å². The van der Waals surface area contributed by atoms with Gasteiger partial charge >= 0.3 is 0 Å². The van der Waals surface area contributed by atoms with E-state index in [1.54, 1.807) is 13.0 Å². The van der Waals surface area contributed by atoms with E-state index in [2.05, 4.69) is 10.3 Å². The molecule has 2 amide bonds. The summed E-state index contributed by atoms with van der Waals surface area (Å²) in [7, 11) is 1.50. The van der Waals surface area contributed by atoms with Crippen LogP contribution in [0.1, 0.15) is 17.5 Å². The third-order valence-corrected chi connectivity index (χ3v) is 3.66. The lowest BCUT2D eigenvalue weighted by Gasteiger charge is -2.10. The molecular formula is C15H18FN3O3. The van der Waals surface area contributed by atoms with Crippen molar-refractivity contribution in [2.75, 3.05) is 20.1 Å². The highest BCUT2D eigenvalue weighted by molar-refractivity contribution is 6.42. The molecule has 1 fully saturated rings. The van der Waals surface area contributed by atoms with E-state index < -0.39 is 29.5 Å². The second-order valence-electron chi connectivity index (χ2n) is 5.45. The number of carbonyl (C=O) groups excluding carboxylic acids is 3. The standard InChI is InChI=1S/C15H18FN3O3/c1-9-6-10(7-18-13(9)16)4-3-5-17-14(21)11-8-19(2)15(22)12(11)20/h6-7,11H,3-5,8H2,1-2H3,(H,17,21). The summed E-state index contributed by atoms with van der Waals surface area (Å²) < 4.78 is 13.0. The van der Waals surface area contributed by atoms with Crippen LogP contribution in [0, 0.1) is 18.8 Å². The lowest BCUT2D eigenvalue weighted by atomic mass is 10.1. The number of nitrogens with zero attached hydrogens (tertiary/aromatic N) is 2. The molecule has 0 bridgehead atoms. The number of likely N-dealkylation sites (N-methyl/N-ethyl adjacent to an activating group) is 1. The topological polar surface area (TPSA) is 79.4 Å². The summed E-state index contributed by atoms with van der Waals surface area (Å²) in [5.74, 6) is -3.08. The number of nitrogens with one attached hydrogen (secondary N) is 1. The zero-order valence-electron chi connectivity index (χ0n) is 12.6. The summed E-state index contributed by atoms with van der Waals surface area (Å²) in [5.41, 5.74) is 1.37. The van der Waals surface area contributed by atoms with Gasteiger partial charge in [-0.15, -0.1) is 0 Å². The maximum Gasteiger partial charge on any atom is 0.290 e. The van der Waals surface area contributed by atoms with Crippen molar-refractivity contribution in [1.29, 1.82) is 0 Å². The van der Waals surface area contributed by atoms with E-state index in [0.29, 0.717) is 24.9 Å². The molecule has 0 spiro atoms. The van der Waals surface area contributed by atoms with Crippen molar-refractivity contribution in [3.63, 3.8) is 0 Å². The van der Waals surface area contributed by atoms with E-state index >= 15 is 0 Å². The van der Waals surface area contributed by atoms with E-state index in [1.165, 1.54) is 18.1 Å². The first-order valence-corrected chi connectivity index (χ1v) is 7.08. The molecule has 0 aliphatic carbocycles. The number of hydrogen-bond acceptors (Lipinski definition) is 4. The van der Waals surface area contributed by atoms with Gasteiger partial charge in [0.05, 0.1) is 0 Å². The largest absolute Gasteiger partial charge is 0.355 e. The second kappa shape index (κ2) is 6.64. The minimum atomic E-state index is -0.910. The van der Waals surface area contributed by atoms with Crippen molar-refractivity contribution in [3.05, 3.63) is 29.3 Å². The van der Waals surface area contributed by atoms with Gasteiger partial charge in [0.15, 0.2) is 0 Å². The monoisotopic (exact) mass is 307 g/mol. The van der Waals surface area contributed by atoms with Crippen molar-refractivity contribution >= 4 is 17.6 Å². The van der Waals surface area contributed by atoms with Gasteiger partial charge in [-0.25, -0.2) is 4.98 Å². The van der Waals surface area contributed by atoms with E-state index in [1.807, 2.05) is 0 Å². The molecule has 118 valence electrons. The van der Waals surface area contributed by atoms with Crippen molar-refractivity contribution < 1.29 is 18.8 Å². The molecule has 1 unspecified atom stereocenters. The first-order chi connectivity index (χ1) is 10.4. The molecule has 0 saturated carbocycles. The molecule has 7 heteroatoms. The zero-order chi connectivity index (χ0) is 16.3. The number of amides is 2. The molecule has 2 rings (SSSR count). The number of Topliss-reactive ketones (excluding diaryl/α,β-unsaturated/α-hetero) is 1. The van der Waals surface area contributed by atoms with Crippen LogP contribution in [-0.2, 0) is 20.8 Å². The molecule has 22 heavy (non-hydrogen) atoms. The van der Waals surface area contributed by atoms with Crippen LogP contribution < -0.4 is 5.32 Å². The van der Waals surface area contributed by atoms with Gasteiger partial charge < -0.3 is 10.2 Å². The summed E-state index contributed by atoms with van der Waals surface area (Å²) in [6.07, 6.45) is 2.76. The van der Waals surface area contributed by atoms with E-state index in [4.69, 9.17) is 0 Å². The maximum absolute atomic E-state index is 13.0. The van der Waals surface area contributed by atoms with Crippen LogP contribution in [0.2, 0.25) is 0 Å². The van der Waals surface area contributed by atoms with Crippen LogP contribution in [-0.4, -0.2) is 47.6 Å². The molecule has 1 aliphatic heterocycles. The van der Waals surface area contributed by atoms with Gasteiger partial charge in [-0.2, -0.15) is 4.39 Å². The molecule has 0 aromatic carbocycles. The quantitative estimate of drug-likeness (QED) is 0.366. The summed E-state index contributed by atoms with van der Waals surface area (Å²) in [6, 6.07) is 1.72. The number of aromatic nitrogens is 1. The molecule has 6 nitrogen and oxygen atoms in total. The fourth-order valence-corrected chi connectivity index (χ4v) is 2.36. The van der Waals surface area contributed by atoms with Gasteiger partial charge in [0.25, 0.3) is 5.91 Å². The first kappa shape index (κ1) is 16.1. The smallest absolute Gasteiger partial charge is 0.290 e. The van der Waals surface area contributed by atoms with Crippen LogP contribution in [0.4, 0.5) is 4.39 Å². The highest BCUT2D eigenvalue weighted by atomic mass is 19.1. The highest BCUT2D eigenvalue weighted by Gasteiger charge is 2.41. The number of rotatable bonds is 5. The van der Waals surface area contributed by atoms with Gasteiger partial charge in [-0.1, -0.05) is 6.07 Å². The Kier molecular flexibility index (Phi) is 4.85. The SMILES string of the molecule is Cc1cc(CCCNC(=O)C2CN(C)C(=O)C2=O)cnc1F. The number of carbonyl (C=O) groups is 3. The highest BCUT2D eigenvalue weighted by Crippen LogP contribution is 2.12. The Morgan fingerprint density at radius 2 is 2.23 bits per heavy atom. The average molecular weight is 307 g/mol. The van der Waals surface area contributed by atoms with Crippen LogP contribution in [0.15, 0.2) is 12.3 Å². The lowest BCUT2D eigenvalue weighted by molar-refractivity contribution is -0.142. The molecular weight excluding hydrogens is 289 g/mol. The Bertz CT molecular complexity index is 618. The van der Waals surface area contributed by atoms with E-state index in [9.17, 15) is 18.8 Å². The van der Waals surface area contributed by atoms with Crippen molar-refractivity contribution in [3.8, 4) is 0 Å².